The average molecular weight is 449 g/mol. The average Bonchev–Trinajstić information content (AvgIpc) is 2.15. The van der Waals surface area contributed by atoms with Crippen molar-refractivity contribution in [3.8, 4) is 0 Å². The van der Waals surface area contributed by atoms with Crippen LogP contribution in [0.4, 0.5) is 0 Å². The van der Waals surface area contributed by atoms with E-state index in [4.69, 9.17) is 10.2 Å². The summed E-state index contributed by atoms with van der Waals surface area (Å²) in [4.78, 5) is 31.9. The molecule has 0 bridgehead atoms. The van der Waals surface area contributed by atoms with E-state index in [-0.39, 0.29) is 0 Å². The maximum absolute atomic E-state index is 10.9. The molecule has 0 aromatic rings. The van der Waals surface area contributed by atoms with Gasteiger partial charge in [-0.1, -0.05) is 0 Å². The molecule has 0 aliphatic carbocycles. The first-order chi connectivity index (χ1) is 7.73. The van der Waals surface area contributed by atoms with Gasteiger partial charge in [0.15, 0.2) is 0 Å². The number of hydrogen-bond acceptors (Lipinski definition) is 9. The number of hydrogen-bond donors (Lipinski definition) is 2. The molecule has 0 aliphatic rings. The second-order valence-electron chi connectivity index (χ2n) is 2.70. The van der Waals surface area contributed by atoms with Crippen LogP contribution in [0.15, 0.2) is 0 Å². The van der Waals surface area contributed by atoms with E-state index >= 15 is 0 Å². The van der Waals surface area contributed by atoms with Gasteiger partial charge in [-0.2, -0.15) is 0 Å². The van der Waals surface area contributed by atoms with Crippen LogP contribution in [-0.2, 0) is 18.1 Å². The third-order valence-corrected chi connectivity index (χ3v) is 4.74. The first kappa shape index (κ1) is 15.9. The number of rotatable bonds is 6. The molecular formula is C6H10BiNO9. The molecule has 0 saturated carbocycles. The zero-order valence-electron chi connectivity index (χ0n) is 8.80. The molecule has 11 heteroatoms. The number of aliphatic hydroxyl groups excluding tert-OH is 2. The molecule has 17 heavy (non-hydrogen) atoms. The van der Waals surface area contributed by atoms with Crippen LogP contribution in [0.5, 0.6) is 0 Å². The zero-order chi connectivity index (χ0) is 13.6. The molecule has 0 heterocycles. The van der Waals surface area contributed by atoms with Crippen molar-refractivity contribution in [2.45, 2.75) is 26.1 Å². The van der Waals surface area contributed by atoms with Crippen molar-refractivity contribution in [3.05, 3.63) is 10.1 Å². The van der Waals surface area contributed by atoms with Crippen molar-refractivity contribution >= 4 is 35.0 Å². The van der Waals surface area contributed by atoms with Gasteiger partial charge in [-0.15, -0.1) is 0 Å². The molecule has 0 radical (unpaired) electrons. The Morgan fingerprint density at radius 2 is 1.53 bits per heavy atom. The molecule has 0 aliphatic heterocycles. The van der Waals surface area contributed by atoms with Crippen molar-refractivity contribution in [1.29, 1.82) is 0 Å². The number of carbonyl (C=O) groups excluding carboxylic acids is 2. The van der Waals surface area contributed by atoms with Gasteiger partial charge < -0.3 is 0 Å². The molecule has 0 rings (SSSR count). The van der Waals surface area contributed by atoms with Crippen LogP contribution in [0.3, 0.4) is 0 Å². The summed E-state index contributed by atoms with van der Waals surface area (Å²) in [7, 11) is 0. The summed E-state index contributed by atoms with van der Waals surface area (Å²) >= 11 is -4.42. The summed E-state index contributed by atoms with van der Waals surface area (Å²) in [5.41, 5.74) is 0. The Hall–Kier alpha value is -1.06. The molecule has 10 nitrogen and oxygen atoms in total. The van der Waals surface area contributed by atoms with E-state index in [0.717, 1.165) is 13.8 Å². The summed E-state index contributed by atoms with van der Waals surface area (Å²) in [6.07, 6.45) is -3.07. The van der Waals surface area contributed by atoms with Crippen LogP contribution < -0.4 is 0 Å². The minimum absolute atomic E-state index is 1.06. The van der Waals surface area contributed by atoms with Crippen LogP contribution >= 0.6 is 0 Å². The van der Waals surface area contributed by atoms with Crippen molar-refractivity contribution in [2.75, 3.05) is 0 Å². The van der Waals surface area contributed by atoms with Gasteiger partial charge in [0.05, 0.1) is 0 Å². The van der Waals surface area contributed by atoms with Crippen LogP contribution in [0, 0.1) is 10.1 Å². The third kappa shape index (κ3) is 6.98. The SMILES string of the molecule is C[C@H](O)C(=O)[O][Bi]([O]C(=O)[C@H](C)O)[O][N+](=O)[O-]. The molecule has 0 unspecified atom stereocenters. The van der Waals surface area contributed by atoms with E-state index in [9.17, 15) is 19.7 Å². The molecule has 0 aromatic heterocycles. The summed E-state index contributed by atoms with van der Waals surface area (Å²) in [5.74, 6) is -2.41. The van der Waals surface area contributed by atoms with E-state index in [2.05, 4.69) is 8.54 Å². The van der Waals surface area contributed by atoms with Crippen molar-refractivity contribution < 1.29 is 33.4 Å². The Bertz CT molecular complexity index is 282. The van der Waals surface area contributed by atoms with Gasteiger partial charge in [0.2, 0.25) is 0 Å². The van der Waals surface area contributed by atoms with Crippen molar-refractivity contribution in [3.63, 3.8) is 0 Å². The fourth-order valence-electron chi connectivity index (χ4n) is 0.406. The van der Waals surface area contributed by atoms with E-state index in [0.29, 0.717) is 0 Å². The molecular weight excluding hydrogens is 439 g/mol. The number of nitrogens with zero attached hydrogens (tertiary/aromatic N) is 1. The standard InChI is InChI=1S/2C3H6O3.Bi.NO3/c2*1-2(4)3(5)6;;2-1(3)4/h2*2,4H,1H3,(H,5,6);;/q;;+3;-1/p-2/t2*2-;;/m00../s1. The summed E-state index contributed by atoms with van der Waals surface area (Å²) in [5, 5.41) is 26.3. The molecule has 0 amide bonds. The van der Waals surface area contributed by atoms with Gasteiger partial charge in [-0.05, 0) is 0 Å². The van der Waals surface area contributed by atoms with E-state index in [1.165, 1.54) is 0 Å². The van der Waals surface area contributed by atoms with Gasteiger partial charge in [0.1, 0.15) is 0 Å². The quantitative estimate of drug-likeness (QED) is 0.268. The molecule has 98 valence electrons. The summed E-state index contributed by atoms with van der Waals surface area (Å²) < 4.78 is 12.6. The second kappa shape index (κ2) is 7.30. The Morgan fingerprint density at radius 1 is 1.18 bits per heavy atom. The monoisotopic (exact) mass is 449 g/mol. The molecule has 0 fully saturated rings. The fourth-order valence-corrected chi connectivity index (χ4v) is 3.56. The molecule has 2 N–H and O–H groups in total. The Morgan fingerprint density at radius 3 is 1.76 bits per heavy atom. The Balaban J connectivity index is 4.48. The number of carbonyl (C=O) groups is 2. The Labute approximate surface area is 105 Å². The number of aliphatic hydroxyl groups is 2. The predicted octanol–water partition coefficient (Wildman–Crippen LogP) is -1.97. The summed E-state index contributed by atoms with van der Waals surface area (Å²) in [6, 6.07) is 0. The first-order valence-corrected chi connectivity index (χ1v) is 8.42. The maximum atomic E-state index is 10.9. The predicted molar refractivity (Wildman–Crippen MR) is 49.4 cm³/mol. The third-order valence-electron chi connectivity index (χ3n) is 1.14. The second-order valence-corrected chi connectivity index (χ2v) is 6.49. The fraction of sp³-hybridized carbons (Fsp3) is 0.667. The van der Waals surface area contributed by atoms with Crippen LogP contribution in [0.25, 0.3) is 0 Å². The molecule has 2 atom stereocenters. The first-order valence-electron chi connectivity index (χ1n) is 4.16. The van der Waals surface area contributed by atoms with E-state index in [1.54, 1.807) is 0 Å². The van der Waals surface area contributed by atoms with Gasteiger partial charge in [0.25, 0.3) is 0 Å². The van der Waals surface area contributed by atoms with Gasteiger partial charge in [-0.25, -0.2) is 0 Å². The van der Waals surface area contributed by atoms with Crippen LogP contribution in [-0.4, -0.2) is 62.5 Å². The normalized spacial score (nSPS) is 13.7. The van der Waals surface area contributed by atoms with E-state index in [1.807, 2.05) is 0 Å². The molecule has 0 spiro atoms. The Kier molecular flexibility index (Phi) is 6.85. The van der Waals surface area contributed by atoms with Crippen LogP contribution in [0.1, 0.15) is 13.8 Å². The van der Waals surface area contributed by atoms with Gasteiger partial charge >= 0.3 is 105 Å². The minimum atomic E-state index is -4.42. The topological polar surface area (TPSA) is 145 Å². The van der Waals surface area contributed by atoms with Gasteiger partial charge in [0, 0.05) is 0 Å². The summed E-state index contributed by atoms with van der Waals surface area (Å²) in [6.45, 7) is 2.12. The molecule has 0 saturated heterocycles. The van der Waals surface area contributed by atoms with Crippen molar-refractivity contribution in [1.82, 2.24) is 0 Å². The van der Waals surface area contributed by atoms with Crippen LogP contribution in [0.2, 0.25) is 0 Å². The van der Waals surface area contributed by atoms with Crippen molar-refractivity contribution in [2.24, 2.45) is 0 Å². The van der Waals surface area contributed by atoms with Gasteiger partial charge in [-0.3, -0.25) is 0 Å². The zero-order valence-corrected chi connectivity index (χ0v) is 12.3. The molecule has 0 aromatic carbocycles. The van der Waals surface area contributed by atoms with E-state index < -0.39 is 52.3 Å².